The minimum Gasteiger partial charge on any atom is -0.493 e. The third-order valence-electron chi connectivity index (χ3n) is 4.39. The molecule has 1 aromatic carbocycles. The summed E-state index contributed by atoms with van der Waals surface area (Å²) >= 11 is 0. The molecule has 1 aliphatic rings. The SMILES string of the molecule is CCNC(=NCCNC(=O)OC(C)(C)C)N1CCc2cc(OC)c(OC)cc2C1.I. The molecule has 9 heteroatoms. The van der Waals surface area contributed by atoms with E-state index in [2.05, 4.69) is 26.6 Å². The van der Waals surface area contributed by atoms with Crippen molar-refractivity contribution in [3.05, 3.63) is 23.3 Å². The van der Waals surface area contributed by atoms with Gasteiger partial charge < -0.3 is 29.7 Å². The van der Waals surface area contributed by atoms with Crippen molar-refractivity contribution >= 4 is 36.0 Å². The van der Waals surface area contributed by atoms with E-state index in [4.69, 9.17) is 14.2 Å². The molecule has 170 valence electrons. The first kappa shape index (κ1) is 26.1. The van der Waals surface area contributed by atoms with Gasteiger partial charge in [0.15, 0.2) is 17.5 Å². The average Bonchev–Trinajstić information content (AvgIpc) is 2.67. The fourth-order valence-corrected chi connectivity index (χ4v) is 3.12. The van der Waals surface area contributed by atoms with Gasteiger partial charge in [-0.1, -0.05) is 0 Å². The maximum absolute atomic E-state index is 11.8. The lowest BCUT2D eigenvalue weighted by Gasteiger charge is -2.32. The Kier molecular flexibility index (Phi) is 10.5. The normalized spacial score (nSPS) is 13.7. The fraction of sp³-hybridized carbons (Fsp3) is 0.619. The number of benzene rings is 1. The van der Waals surface area contributed by atoms with Crippen LogP contribution in [0.4, 0.5) is 4.79 Å². The van der Waals surface area contributed by atoms with Crippen molar-refractivity contribution in [1.29, 1.82) is 0 Å². The maximum Gasteiger partial charge on any atom is 0.407 e. The Labute approximate surface area is 196 Å². The van der Waals surface area contributed by atoms with Crippen LogP contribution in [0.25, 0.3) is 0 Å². The first-order valence-corrected chi connectivity index (χ1v) is 10.0. The number of ether oxygens (including phenoxy) is 3. The summed E-state index contributed by atoms with van der Waals surface area (Å²) in [5.74, 6) is 2.32. The van der Waals surface area contributed by atoms with E-state index in [-0.39, 0.29) is 24.0 Å². The quantitative estimate of drug-likeness (QED) is 0.253. The second-order valence-electron chi connectivity index (χ2n) is 7.81. The zero-order valence-electron chi connectivity index (χ0n) is 18.8. The van der Waals surface area contributed by atoms with Gasteiger partial charge in [0.2, 0.25) is 0 Å². The van der Waals surface area contributed by atoms with E-state index in [0.29, 0.717) is 13.1 Å². The number of alkyl carbamates (subject to hydrolysis) is 1. The Bertz CT molecular complexity index is 734. The van der Waals surface area contributed by atoms with Gasteiger partial charge in [-0.25, -0.2) is 4.79 Å². The number of amides is 1. The lowest BCUT2D eigenvalue weighted by molar-refractivity contribution is 0.0529. The predicted molar refractivity (Wildman–Crippen MR) is 129 cm³/mol. The van der Waals surface area contributed by atoms with Crippen molar-refractivity contribution in [3.8, 4) is 11.5 Å². The molecule has 0 atom stereocenters. The molecule has 8 nitrogen and oxygen atoms in total. The van der Waals surface area contributed by atoms with Crippen LogP contribution in [0.5, 0.6) is 11.5 Å². The summed E-state index contributed by atoms with van der Waals surface area (Å²) in [4.78, 5) is 18.6. The van der Waals surface area contributed by atoms with Gasteiger partial charge in [-0.2, -0.15) is 0 Å². The number of aliphatic imine (C=N–C) groups is 1. The van der Waals surface area contributed by atoms with E-state index in [1.54, 1.807) is 14.2 Å². The van der Waals surface area contributed by atoms with Crippen LogP contribution in [0.15, 0.2) is 17.1 Å². The molecule has 0 spiro atoms. The first-order valence-electron chi connectivity index (χ1n) is 10.0. The summed E-state index contributed by atoms with van der Waals surface area (Å²) in [5.41, 5.74) is 1.96. The number of nitrogens with zero attached hydrogens (tertiary/aromatic N) is 2. The van der Waals surface area contributed by atoms with E-state index in [1.165, 1.54) is 11.1 Å². The lowest BCUT2D eigenvalue weighted by Crippen LogP contribution is -2.44. The predicted octanol–water partition coefficient (Wildman–Crippen LogP) is 3.17. The van der Waals surface area contributed by atoms with Crippen molar-refractivity contribution in [2.45, 2.75) is 46.3 Å². The molecule has 2 rings (SSSR count). The molecule has 0 aliphatic carbocycles. The Balaban J connectivity index is 0.00000450. The van der Waals surface area contributed by atoms with E-state index >= 15 is 0 Å². The topological polar surface area (TPSA) is 84.4 Å². The molecule has 1 heterocycles. The smallest absolute Gasteiger partial charge is 0.407 e. The highest BCUT2D eigenvalue weighted by Gasteiger charge is 2.21. The number of guanidine groups is 1. The van der Waals surface area contributed by atoms with Gasteiger partial charge in [0, 0.05) is 26.2 Å². The number of fused-ring (bicyclic) bond motifs is 1. The lowest BCUT2D eigenvalue weighted by atomic mass is 9.99. The summed E-state index contributed by atoms with van der Waals surface area (Å²) < 4.78 is 16.1. The second-order valence-corrected chi connectivity index (χ2v) is 7.81. The molecule has 0 unspecified atom stereocenters. The number of nitrogens with one attached hydrogen (secondary N) is 2. The Hall–Kier alpha value is -1.91. The molecular weight excluding hydrogens is 499 g/mol. The molecule has 0 fully saturated rings. The minimum absolute atomic E-state index is 0. The maximum atomic E-state index is 11.8. The Morgan fingerprint density at radius 3 is 2.33 bits per heavy atom. The highest BCUT2D eigenvalue weighted by molar-refractivity contribution is 14.0. The summed E-state index contributed by atoms with van der Waals surface area (Å²) in [7, 11) is 3.30. The van der Waals surface area contributed by atoms with Crippen molar-refractivity contribution in [1.82, 2.24) is 15.5 Å². The Morgan fingerprint density at radius 2 is 1.77 bits per heavy atom. The van der Waals surface area contributed by atoms with Crippen LogP contribution in [0.3, 0.4) is 0 Å². The molecule has 30 heavy (non-hydrogen) atoms. The minimum atomic E-state index is -0.507. The highest BCUT2D eigenvalue weighted by Crippen LogP contribution is 2.33. The average molecular weight is 534 g/mol. The molecule has 0 bridgehead atoms. The van der Waals surface area contributed by atoms with Crippen molar-refractivity contribution in [2.24, 2.45) is 4.99 Å². The van der Waals surface area contributed by atoms with Crippen LogP contribution in [0, 0.1) is 0 Å². The molecule has 0 radical (unpaired) electrons. The van der Waals surface area contributed by atoms with Crippen LogP contribution in [0.2, 0.25) is 0 Å². The van der Waals surface area contributed by atoms with E-state index in [0.717, 1.165) is 43.5 Å². The van der Waals surface area contributed by atoms with Gasteiger partial charge in [-0.3, -0.25) is 4.99 Å². The fourth-order valence-electron chi connectivity index (χ4n) is 3.12. The van der Waals surface area contributed by atoms with Gasteiger partial charge in [0.25, 0.3) is 0 Å². The molecular formula is C21H35IN4O4. The number of hydrogen-bond donors (Lipinski definition) is 2. The largest absolute Gasteiger partial charge is 0.493 e. The van der Waals surface area contributed by atoms with Gasteiger partial charge in [-0.15, -0.1) is 24.0 Å². The zero-order valence-corrected chi connectivity index (χ0v) is 21.2. The molecule has 0 aromatic heterocycles. The summed E-state index contributed by atoms with van der Waals surface area (Å²) in [6, 6.07) is 4.09. The number of halogens is 1. The highest BCUT2D eigenvalue weighted by atomic mass is 127. The monoisotopic (exact) mass is 534 g/mol. The number of carbonyl (C=O) groups is 1. The zero-order chi connectivity index (χ0) is 21.4. The van der Waals surface area contributed by atoms with Gasteiger partial charge >= 0.3 is 6.09 Å². The van der Waals surface area contributed by atoms with Crippen LogP contribution in [-0.2, 0) is 17.7 Å². The third-order valence-corrected chi connectivity index (χ3v) is 4.39. The molecule has 1 aromatic rings. The summed E-state index contributed by atoms with van der Waals surface area (Å²) in [6.45, 7) is 10.8. The number of rotatable bonds is 6. The van der Waals surface area contributed by atoms with Crippen molar-refractivity contribution in [2.75, 3.05) is 40.4 Å². The molecule has 1 amide bonds. The second kappa shape index (κ2) is 12.1. The van der Waals surface area contributed by atoms with Crippen molar-refractivity contribution in [3.63, 3.8) is 0 Å². The number of hydrogen-bond acceptors (Lipinski definition) is 5. The van der Waals surface area contributed by atoms with Gasteiger partial charge in [0.1, 0.15) is 5.60 Å². The summed E-state index contributed by atoms with van der Waals surface area (Å²) in [5, 5.41) is 6.07. The van der Waals surface area contributed by atoms with Crippen LogP contribution in [-0.4, -0.2) is 63.0 Å². The molecule has 2 N–H and O–H groups in total. The van der Waals surface area contributed by atoms with Gasteiger partial charge in [0.05, 0.1) is 20.8 Å². The van der Waals surface area contributed by atoms with E-state index in [1.807, 2.05) is 33.8 Å². The number of carbonyl (C=O) groups excluding carboxylic acids is 1. The number of methoxy groups -OCH3 is 2. The van der Waals surface area contributed by atoms with E-state index in [9.17, 15) is 4.79 Å². The standard InChI is InChI=1S/C21H34N4O4.HI/c1-7-22-19(23-9-10-24-20(26)29-21(2,3)4)25-11-8-15-12-17(27-5)18(28-6)13-16(15)14-25;/h12-13H,7-11,14H2,1-6H3,(H,22,23)(H,24,26);1H. The molecule has 0 saturated carbocycles. The molecule has 0 saturated heterocycles. The molecule has 1 aliphatic heterocycles. The van der Waals surface area contributed by atoms with Gasteiger partial charge in [-0.05, 0) is 57.4 Å². The van der Waals surface area contributed by atoms with Crippen LogP contribution in [0.1, 0.15) is 38.8 Å². The van der Waals surface area contributed by atoms with E-state index < -0.39 is 11.7 Å². The van der Waals surface area contributed by atoms with Crippen LogP contribution < -0.4 is 20.1 Å². The summed E-state index contributed by atoms with van der Waals surface area (Å²) in [6.07, 6.45) is 0.474. The van der Waals surface area contributed by atoms with Crippen LogP contribution >= 0.6 is 24.0 Å². The Morgan fingerprint density at radius 1 is 1.13 bits per heavy atom. The van der Waals surface area contributed by atoms with Crippen molar-refractivity contribution < 1.29 is 19.0 Å². The third kappa shape index (κ3) is 7.73. The first-order chi connectivity index (χ1) is 13.8.